The van der Waals surface area contributed by atoms with E-state index in [0.717, 1.165) is 24.0 Å². The predicted molar refractivity (Wildman–Crippen MR) is 96.6 cm³/mol. The van der Waals surface area contributed by atoms with E-state index in [0.29, 0.717) is 28.7 Å². The number of carbonyl (C=O) groups is 1. The van der Waals surface area contributed by atoms with Crippen LogP contribution in [0.2, 0.25) is 5.02 Å². The number of ether oxygens (including phenoxy) is 3. The standard InChI is InChI=1S/C20H21ClO4/c1-20(2)9-8-15-17(24-12-13-6-4-5-7-16(13)21)10-14(19(22)23-3)11-18(15)25-20/h4-7,10-11H,8-9,12H2,1-3H3. The van der Waals surface area contributed by atoms with Crippen LogP contribution in [0.4, 0.5) is 0 Å². The monoisotopic (exact) mass is 360 g/mol. The van der Waals surface area contributed by atoms with E-state index in [4.69, 9.17) is 25.8 Å². The second-order valence-corrected chi connectivity index (χ2v) is 7.09. The Balaban J connectivity index is 1.94. The maximum absolute atomic E-state index is 12.0. The minimum Gasteiger partial charge on any atom is -0.488 e. The molecule has 0 aliphatic carbocycles. The predicted octanol–water partition coefficient (Wildman–Crippen LogP) is 4.81. The van der Waals surface area contributed by atoms with E-state index < -0.39 is 5.97 Å². The Labute approximate surface area is 152 Å². The van der Waals surface area contributed by atoms with Crippen molar-refractivity contribution in [2.75, 3.05) is 7.11 Å². The molecule has 0 spiro atoms. The zero-order chi connectivity index (χ0) is 18.0. The zero-order valence-corrected chi connectivity index (χ0v) is 15.4. The van der Waals surface area contributed by atoms with Crippen LogP contribution in [-0.4, -0.2) is 18.7 Å². The van der Waals surface area contributed by atoms with Crippen LogP contribution >= 0.6 is 11.6 Å². The quantitative estimate of drug-likeness (QED) is 0.734. The number of benzene rings is 2. The smallest absolute Gasteiger partial charge is 0.338 e. The number of halogens is 1. The molecule has 0 aromatic heterocycles. The van der Waals surface area contributed by atoms with Crippen LogP contribution in [0.25, 0.3) is 0 Å². The van der Waals surface area contributed by atoms with Gasteiger partial charge >= 0.3 is 5.97 Å². The van der Waals surface area contributed by atoms with Crippen LogP contribution in [0.3, 0.4) is 0 Å². The third kappa shape index (κ3) is 3.90. The summed E-state index contributed by atoms with van der Waals surface area (Å²) >= 11 is 6.20. The van der Waals surface area contributed by atoms with E-state index in [1.807, 2.05) is 38.1 Å². The minimum atomic E-state index is -0.419. The SMILES string of the molecule is COC(=O)c1cc(OCc2ccccc2Cl)c2c(c1)OC(C)(C)CC2. The van der Waals surface area contributed by atoms with E-state index >= 15 is 0 Å². The first-order chi connectivity index (χ1) is 11.9. The average molecular weight is 361 g/mol. The molecule has 0 amide bonds. The number of hydrogen-bond donors (Lipinski definition) is 0. The Bertz CT molecular complexity index is 798. The number of esters is 1. The van der Waals surface area contributed by atoms with Gasteiger partial charge in [-0.3, -0.25) is 0 Å². The normalized spacial score (nSPS) is 15.0. The fourth-order valence-corrected chi connectivity index (χ4v) is 3.06. The van der Waals surface area contributed by atoms with Gasteiger partial charge in [0.1, 0.15) is 23.7 Å². The van der Waals surface area contributed by atoms with Gasteiger partial charge in [-0.25, -0.2) is 4.79 Å². The van der Waals surface area contributed by atoms with Gasteiger partial charge in [0.15, 0.2) is 0 Å². The maximum atomic E-state index is 12.0. The molecule has 0 saturated carbocycles. The van der Waals surface area contributed by atoms with E-state index in [-0.39, 0.29) is 5.60 Å². The zero-order valence-electron chi connectivity index (χ0n) is 14.6. The van der Waals surface area contributed by atoms with Crippen molar-refractivity contribution in [3.63, 3.8) is 0 Å². The number of fused-ring (bicyclic) bond motifs is 1. The summed E-state index contributed by atoms with van der Waals surface area (Å²) in [5.41, 5.74) is 1.99. The maximum Gasteiger partial charge on any atom is 0.338 e. The summed E-state index contributed by atoms with van der Waals surface area (Å²) in [6.45, 7) is 4.39. The molecule has 1 heterocycles. The van der Waals surface area contributed by atoms with E-state index in [1.165, 1.54) is 7.11 Å². The van der Waals surface area contributed by atoms with Crippen molar-refractivity contribution >= 4 is 17.6 Å². The van der Waals surface area contributed by atoms with Crippen LogP contribution in [-0.2, 0) is 17.8 Å². The summed E-state index contributed by atoms with van der Waals surface area (Å²) in [5.74, 6) is 0.888. The summed E-state index contributed by atoms with van der Waals surface area (Å²) in [6.07, 6.45) is 1.70. The van der Waals surface area contributed by atoms with Gasteiger partial charge in [-0.1, -0.05) is 29.8 Å². The van der Waals surface area contributed by atoms with Gasteiger partial charge in [-0.15, -0.1) is 0 Å². The van der Waals surface area contributed by atoms with E-state index in [9.17, 15) is 4.79 Å². The highest BCUT2D eigenvalue weighted by Gasteiger charge is 2.30. The largest absolute Gasteiger partial charge is 0.488 e. The van der Waals surface area contributed by atoms with Crippen LogP contribution in [0.1, 0.15) is 41.8 Å². The Morgan fingerprint density at radius 1 is 1.28 bits per heavy atom. The van der Waals surface area contributed by atoms with Crippen molar-refractivity contribution in [3.8, 4) is 11.5 Å². The number of hydrogen-bond acceptors (Lipinski definition) is 4. The lowest BCUT2D eigenvalue weighted by Crippen LogP contribution is -2.33. The van der Waals surface area contributed by atoms with Gasteiger partial charge in [0, 0.05) is 16.1 Å². The molecule has 1 aliphatic rings. The van der Waals surface area contributed by atoms with Gasteiger partial charge in [0.05, 0.1) is 12.7 Å². The molecule has 0 unspecified atom stereocenters. The van der Waals surface area contributed by atoms with Crippen molar-refractivity contribution in [1.82, 2.24) is 0 Å². The second kappa shape index (κ2) is 6.96. The van der Waals surface area contributed by atoms with Crippen molar-refractivity contribution < 1.29 is 19.0 Å². The molecule has 5 heteroatoms. The average Bonchev–Trinajstić information content (AvgIpc) is 2.58. The Kier molecular flexibility index (Phi) is 4.91. The highest BCUT2D eigenvalue weighted by Crippen LogP contribution is 2.40. The van der Waals surface area contributed by atoms with Crippen molar-refractivity contribution in [2.24, 2.45) is 0 Å². The third-order valence-corrected chi connectivity index (χ3v) is 4.66. The topological polar surface area (TPSA) is 44.8 Å². The lowest BCUT2D eigenvalue weighted by molar-refractivity contribution is 0.0593. The summed E-state index contributed by atoms with van der Waals surface area (Å²) in [4.78, 5) is 12.0. The molecular weight excluding hydrogens is 340 g/mol. The third-order valence-electron chi connectivity index (χ3n) is 4.29. The van der Waals surface area contributed by atoms with Gasteiger partial charge in [0.2, 0.25) is 0 Å². The first kappa shape index (κ1) is 17.6. The summed E-state index contributed by atoms with van der Waals surface area (Å²) < 4.78 is 16.9. The molecule has 0 bridgehead atoms. The summed E-state index contributed by atoms with van der Waals surface area (Å²) in [6, 6.07) is 11.0. The summed E-state index contributed by atoms with van der Waals surface area (Å²) in [7, 11) is 1.36. The van der Waals surface area contributed by atoms with Gasteiger partial charge in [0.25, 0.3) is 0 Å². The molecule has 0 saturated heterocycles. The van der Waals surface area contributed by atoms with Gasteiger partial charge in [-0.05, 0) is 44.9 Å². The molecule has 4 nitrogen and oxygen atoms in total. The molecule has 132 valence electrons. The lowest BCUT2D eigenvalue weighted by Gasteiger charge is -2.33. The Morgan fingerprint density at radius 3 is 2.76 bits per heavy atom. The molecule has 2 aromatic rings. The molecule has 25 heavy (non-hydrogen) atoms. The minimum absolute atomic E-state index is 0.276. The molecule has 0 radical (unpaired) electrons. The van der Waals surface area contributed by atoms with Gasteiger partial charge in [-0.2, -0.15) is 0 Å². The Morgan fingerprint density at radius 2 is 2.04 bits per heavy atom. The fraction of sp³-hybridized carbons (Fsp3) is 0.350. The highest BCUT2D eigenvalue weighted by atomic mass is 35.5. The number of carbonyl (C=O) groups excluding carboxylic acids is 1. The molecule has 0 fully saturated rings. The van der Waals surface area contributed by atoms with Crippen LogP contribution in [0.15, 0.2) is 36.4 Å². The molecule has 1 aliphatic heterocycles. The number of rotatable bonds is 4. The van der Waals surface area contributed by atoms with Gasteiger partial charge < -0.3 is 14.2 Å². The Hall–Kier alpha value is -2.20. The van der Waals surface area contributed by atoms with Crippen molar-refractivity contribution in [1.29, 1.82) is 0 Å². The van der Waals surface area contributed by atoms with Crippen LogP contribution in [0, 0.1) is 0 Å². The number of methoxy groups -OCH3 is 1. The molecule has 0 atom stereocenters. The molecular formula is C20H21ClO4. The van der Waals surface area contributed by atoms with E-state index in [2.05, 4.69) is 0 Å². The fourth-order valence-electron chi connectivity index (χ4n) is 2.87. The molecule has 3 rings (SSSR count). The first-order valence-corrected chi connectivity index (χ1v) is 8.58. The van der Waals surface area contributed by atoms with Crippen molar-refractivity contribution in [3.05, 3.63) is 58.1 Å². The van der Waals surface area contributed by atoms with E-state index in [1.54, 1.807) is 12.1 Å². The first-order valence-electron chi connectivity index (χ1n) is 8.20. The molecule has 2 aromatic carbocycles. The van der Waals surface area contributed by atoms with Crippen LogP contribution in [0.5, 0.6) is 11.5 Å². The highest BCUT2D eigenvalue weighted by molar-refractivity contribution is 6.31. The van der Waals surface area contributed by atoms with Crippen LogP contribution < -0.4 is 9.47 Å². The molecule has 0 N–H and O–H groups in total. The summed E-state index contributed by atoms with van der Waals surface area (Å²) in [5, 5.41) is 0.651. The lowest BCUT2D eigenvalue weighted by atomic mass is 9.93. The second-order valence-electron chi connectivity index (χ2n) is 6.68. The van der Waals surface area contributed by atoms with Crippen molar-refractivity contribution in [2.45, 2.75) is 38.9 Å².